The highest BCUT2D eigenvalue weighted by Gasteiger charge is 2.36. The zero-order chi connectivity index (χ0) is 12.8. The van der Waals surface area contributed by atoms with Gasteiger partial charge in [0.25, 0.3) is 0 Å². The topological polar surface area (TPSA) is 56.7 Å². The van der Waals surface area contributed by atoms with E-state index in [1.807, 2.05) is 0 Å². The molecule has 2 N–H and O–H groups in total. The van der Waals surface area contributed by atoms with Gasteiger partial charge in [0, 0.05) is 12.2 Å². The number of aromatic nitrogens is 3. The second kappa shape index (κ2) is 3.61. The maximum absolute atomic E-state index is 12.9. The maximum atomic E-state index is 12.9. The highest BCUT2D eigenvalue weighted by molar-refractivity contribution is 5.90. The lowest BCUT2D eigenvalue weighted by atomic mass is 10.2. The van der Waals surface area contributed by atoms with Crippen LogP contribution >= 0.6 is 0 Å². The first-order valence-electron chi connectivity index (χ1n) is 5.00. The van der Waals surface area contributed by atoms with Crippen molar-refractivity contribution < 1.29 is 13.2 Å². The Kier molecular flexibility index (Phi) is 2.48. The van der Waals surface area contributed by atoms with Crippen molar-refractivity contribution in [1.29, 1.82) is 0 Å². The molecule has 0 aliphatic rings. The highest BCUT2D eigenvalue weighted by Crippen LogP contribution is 2.38. The van der Waals surface area contributed by atoms with Crippen molar-refractivity contribution in [3.8, 4) is 0 Å². The van der Waals surface area contributed by atoms with E-state index in [1.54, 1.807) is 13.8 Å². The molecule has 0 aliphatic carbocycles. The van der Waals surface area contributed by atoms with Gasteiger partial charge >= 0.3 is 6.18 Å². The SMILES string of the molecule is CC(C)n1cc(C(F)(F)F)c2c(N)ncnc21. The van der Waals surface area contributed by atoms with Crippen molar-refractivity contribution in [3.05, 3.63) is 18.1 Å². The average molecular weight is 244 g/mol. The number of fused-ring (bicyclic) bond motifs is 1. The quantitative estimate of drug-likeness (QED) is 0.838. The summed E-state index contributed by atoms with van der Waals surface area (Å²) < 4.78 is 40.0. The summed E-state index contributed by atoms with van der Waals surface area (Å²) >= 11 is 0. The van der Waals surface area contributed by atoms with Gasteiger partial charge < -0.3 is 10.3 Å². The fourth-order valence-corrected chi connectivity index (χ4v) is 1.72. The Labute approximate surface area is 95.3 Å². The van der Waals surface area contributed by atoms with Crippen LogP contribution in [0.25, 0.3) is 11.0 Å². The molecule has 0 saturated carbocycles. The van der Waals surface area contributed by atoms with Crippen LogP contribution in [-0.2, 0) is 6.18 Å². The fourth-order valence-electron chi connectivity index (χ4n) is 1.72. The van der Waals surface area contributed by atoms with E-state index in [0.29, 0.717) is 0 Å². The van der Waals surface area contributed by atoms with E-state index in [4.69, 9.17) is 5.73 Å². The van der Waals surface area contributed by atoms with Crippen LogP contribution in [-0.4, -0.2) is 14.5 Å². The van der Waals surface area contributed by atoms with Crippen molar-refractivity contribution in [3.63, 3.8) is 0 Å². The smallest absolute Gasteiger partial charge is 0.383 e. The molecule has 92 valence electrons. The molecule has 0 radical (unpaired) electrons. The Hall–Kier alpha value is -1.79. The predicted octanol–water partition coefficient (Wildman–Crippen LogP) is 2.61. The minimum atomic E-state index is -4.46. The number of halogens is 3. The molecule has 2 heterocycles. The lowest BCUT2D eigenvalue weighted by molar-refractivity contribution is -0.136. The molecule has 4 nitrogen and oxygen atoms in total. The molecule has 2 rings (SSSR count). The largest absolute Gasteiger partial charge is 0.418 e. The van der Waals surface area contributed by atoms with E-state index in [1.165, 1.54) is 4.57 Å². The van der Waals surface area contributed by atoms with E-state index in [0.717, 1.165) is 12.5 Å². The number of nitrogen functional groups attached to an aromatic ring is 1. The standard InChI is InChI=1S/C10H11F3N4/c1-5(2)17-3-6(10(11,12)13)7-8(14)15-4-16-9(7)17/h3-5H,1-2H3,(H2,14,15,16). The van der Waals surface area contributed by atoms with Gasteiger partial charge in [-0.1, -0.05) is 0 Å². The van der Waals surface area contributed by atoms with Gasteiger partial charge in [0.15, 0.2) is 0 Å². The van der Waals surface area contributed by atoms with Crippen LogP contribution in [0.2, 0.25) is 0 Å². The van der Waals surface area contributed by atoms with E-state index in [9.17, 15) is 13.2 Å². The number of hydrogen-bond donors (Lipinski definition) is 1. The van der Waals surface area contributed by atoms with Crippen molar-refractivity contribution in [2.75, 3.05) is 5.73 Å². The third-order valence-corrected chi connectivity index (χ3v) is 2.50. The van der Waals surface area contributed by atoms with Crippen molar-refractivity contribution in [2.45, 2.75) is 26.1 Å². The van der Waals surface area contributed by atoms with Gasteiger partial charge in [-0.05, 0) is 13.8 Å². The number of rotatable bonds is 1. The summed E-state index contributed by atoms with van der Waals surface area (Å²) in [5, 5.41) is -0.131. The summed E-state index contributed by atoms with van der Waals surface area (Å²) in [6, 6.07) is -0.136. The summed E-state index contributed by atoms with van der Waals surface area (Å²) in [6.45, 7) is 3.55. The Morgan fingerprint density at radius 1 is 1.29 bits per heavy atom. The van der Waals surface area contributed by atoms with Crippen LogP contribution in [0.1, 0.15) is 25.5 Å². The van der Waals surface area contributed by atoms with Crippen LogP contribution in [0.5, 0.6) is 0 Å². The summed E-state index contributed by atoms with van der Waals surface area (Å²) in [5.41, 5.74) is 4.92. The van der Waals surface area contributed by atoms with Gasteiger partial charge in [-0.2, -0.15) is 13.2 Å². The zero-order valence-corrected chi connectivity index (χ0v) is 9.28. The van der Waals surface area contributed by atoms with Crippen LogP contribution in [0, 0.1) is 0 Å². The molecule has 2 aromatic heterocycles. The van der Waals surface area contributed by atoms with Gasteiger partial charge in [-0.15, -0.1) is 0 Å². The van der Waals surface area contributed by atoms with Crippen molar-refractivity contribution >= 4 is 16.9 Å². The first kappa shape index (κ1) is 11.7. The van der Waals surface area contributed by atoms with Crippen molar-refractivity contribution in [1.82, 2.24) is 14.5 Å². The van der Waals surface area contributed by atoms with Gasteiger partial charge in [0.1, 0.15) is 17.8 Å². The molecule has 2 aromatic rings. The zero-order valence-electron chi connectivity index (χ0n) is 9.28. The molecule has 0 saturated heterocycles. The molecular formula is C10H11F3N4. The van der Waals surface area contributed by atoms with E-state index >= 15 is 0 Å². The molecule has 0 aromatic carbocycles. The first-order valence-corrected chi connectivity index (χ1v) is 5.00. The minimum absolute atomic E-state index is 0.131. The van der Waals surface area contributed by atoms with E-state index < -0.39 is 11.7 Å². The molecule has 0 amide bonds. The number of hydrogen-bond acceptors (Lipinski definition) is 3. The summed E-state index contributed by atoms with van der Waals surface area (Å²) in [7, 11) is 0. The summed E-state index contributed by atoms with van der Waals surface area (Å²) in [6.07, 6.45) is -2.27. The number of nitrogens with two attached hydrogens (primary N) is 1. The normalized spacial score (nSPS) is 12.6. The lowest BCUT2D eigenvalue weighted by Gasteiger charge is -2.07. The average Bonchev–Trinajstić information content (AvgIpc) is 2.57. The van der Waals surface area contributed by atoms with Crippen LogP contribution in [0.3, 0.4) is 0 Å². The Morgan fingerprint density at radius 2 is 1.94 bits per heavy atom. The number of anilines is 1. The van der Waals surface area contributed by atoms with Crippen LogP contribution in [0.15, 0.2) is 12.5 Å². The molecule has 0 bridgehead atoms. The first-order chi connectivity index (χ1) is 7.82. The molecule has 0 spiro atoms. The Balaban J connectivity index is 2.86. The third-order valence-electron chi connectivity index (χ3n) is 2.50. The molecular weight excluding hydrogens is 233 g/mol. The Morgan fingerprint density at radius 3 is 2.47 bits per heavy atom. The highest BCUT2D eigenvalue weighted by atomic mass is 19.4. The van der Waals surface area contributed by atoms with Gasteiger partial charge in [-0.25, -0.2) is 9.97 Å². The van der Waals surface area contributed by atoms with Gasteiger partial charge in [-0.3, -0.25) is 0 Å². The summed E-state index contributed by atoms with van der Waals surface area (Å²) in [5.74, 6) is -0.151. The maximum Gasteiger partial charge on any atom is 0.418 e. The van der Waals surface area contributed by atoms with Gasteiger partial charge in [0.05, 0.1) is 10.9 Å². The second-order valence-corrected chi connectivity index (χ2v) is 4.00. The molecule has 7 heteroatoms. The Bertz CT molecular complexity index is 556. The monoisotopic (exact) mass is 244 g/mol. The molecule has 0 aliphatic heterocycles. The molecule has 0 fully saturated rings. The molecule has 0 atom stereocenters. The molecule has 0 unspecified atom stereocenters. The van der Waals surface area contributed by atoms with Crippen molar-refractivity contribution in [2.24, 2.45) is 0 Å². The van der Waals surface area contributed by atoms with Crippen LogP contribution < -0.4 is 5.73 Å². The number of alkyl halides is 3. The van der Waals surface area contributed by atoms with E-state index in [-0.39, 0.29) is 22.9 Å². The summed E-state index contributed by atoms with van der Waals surface area (Å²) in [4.78, 5) is 7.48. The predicted molar refractivity (Wildman–Crippen MR) is 57.3 cm³/mol. The minimum Gasteiger partial charge on any atom is -0.383 e. The van der Waals surface area contributed by atoms with Gasteiger partial charge in [0.2, 0.25) is 0 Å². The van der Waals surface area contributed by atoms with Crippen LogP contribution in [0.4, 0.5) is 19.0 Å². The lowest BCUT2D eigenvalue weighted by Crippen LogP contribution is -2.05. The van der Waals surface area contributed by atoms with E-state index in [2.05, 4.69) is 9.97 Å². The molecule has 17 heavy (non-hydrogen) atoms. The number of nitrogens with zero attached hydrogens (tertiary/aromatic N) is 3. The third kappa shape index (κ3) is 1.81. The second-order valence-electron chi connectivity index (χ2n) is 4.00. The fraction of sp³-hybridized carbons (Fsp3) is 0.400.